The van der Waals surface area contributed by atoms with Crippen LogP contribution in [0.15, 0.2) is 24.3 Å². The summed E-state index contributed by atoms with van der Waals surface area (Å²) in [7, 11) is -3.93. The van der Waals surface area contributed by atoms with Gasteiger partial charge >= 0.3 is 10.2 Å². The van der Waals surface area contributed by atoms with Gasteiger partial charge in [0.15, 0.2) is 0 Å². The molecule has 0 atom stereocenters. The number of hydrogen-bond donors (Lipinski definition) is 1. The van der Waals surface area contributed by atoms with Gasteiger partial charge in [-0.3, -0.25) is 9.10 Å². The number of fused-ring (bicyclic) bond motifs is 1. The van der Waals surface area contributed by atoms with E-state index in [2.05, 4.69) is 9.71 Å². The average molecular weight is 365 g/mol. The Kier molecular flexibility index (Phi) is 4.60. The van der Waals surface area contributed by atoms with Crippen LogP contribution in [0.4, 0.5) is 5.69 Å². The summed E-state index contributed by atoms with van der Waals surface area (Å²) in [4.78, 5) is 17.1. The van der Waals surface area contributed by atoms with Crippen molar-refractivity contribution in [2.45, 2.75) is 33.1 Å². The highest BCUT2D eigenvalue weighted by Crippen LogP contribution is 2.29. The van der Waals surface area contributed by atoms with E-state index in [0.29, 0.717) is 29.2 Å². The molecule has 1 aromatic carbocycles. The Hall–Kier alpha value is -1.93. The molecule has 24 heavy (non-hydrogen) atoms. The number of para-hydroxylation sites is 1. The van der Waals surface area contributed by atoms with Crippen LogP contribution in [0.25, 0.3) is 0 Å². The summed E-state index contributed by atoms with van der Waals surface area (Å²) in [5.41, 5.74) is 2.16. The predicted molar refractivity (Wildman–Crippen MR) is 94.7 cm³/mol. The molecule has 0 radical (unpaired) electrons. The maximum absolute atomic E-state index is 12.6. The molecule has 1 N–H and O–H groups in total. The second-order valence-corrected chi connectivity index (χ2v) is 8.34. The first kappa shape index (κ1) is 16.9. The topological polar surface area (TPSA) is 79.4 Å². The van der Waals surface area contributed by atoms with E-state index < -0.39 is 16.1 Å². The van der Waals surface area contributed by atoms with Crippen molar-refractivity contribution < 1.29 is 13.2 Å². The Morgan fingerprint density at radius 1 is 1.38 bits per heavy atom. The van der Waals surface area contributed by atoms with Crippen LogP contribution in [0.2, 0.25) is 0 Å². The zero-order chi connectivity index (χ0) is 17.3. The molecule has 8 heteroatoms. The molecule has 0 aliphatic carbocycles. The molecule has 1 aliphatic heterocycles. The van der Waals surface area contributed by atoms with Gasteiger partial charge in [-0.1, -0.05) is 25.1 Å². The van der Waals surface area contributed by atoms with Crippen molar-refractivity contribution in [1.82, 2.24) is 9.71 Å². The van der Waals surface area contributed by atoms with Crippen LogP contribution in [0.5, 0.6) is 0 Å². The summed E-state index contributed by atoms with van der Waals surface area (Å²) in [6.07, 6.45) is 2.35. The van der Waals surface area contributed by atoms with Crippen LogP contribution in [-0.2, 0) is 23.1 Å². The standard InChI is InChI=1S/C16H19N3O3S2/c1-3-6-14-17-11(2)15(23-14)16(20)18-24(21,22)19-10-9-12-7-4-5-8-13(12)19/h4-5,7-8H,3,6,9-10H2,1-2H3,(H,18,20). The summed E-state index contributed by atoms with van der Waals surface area (Å²) < 4.78 is 28.6. The van der Waals surface area contributed by atoms with Crippen molar-refractivity contribution in [2.24, 2.45) is 0 Å². The van der Waals surface area contributed by atoms with Crippen LogP contribution in [0.1, 0.15) is 39.3 Å². The molecule has 3 rings (SSSR count). The summed E-state index contributed by atoms with van der Waals surface area (Å²) in [5, 5.41) is 0.851. The molecule has 128 valence electrons. The van der Waals surface area contributed by atoms with Gasteiger partial charge in [-0.2, -0.15) is 8.42 Å². The third kappa shape index (κ3) is 3.16. The third-order valence-corrected chi connectivity index (χ3v) is 6.49. The fourth-order valence-corrected chi connectivity index (χ4v) is 5.10. The fourth-order valence-electron chi connectivity index (χ4n) is 2.76. The third-order valence-electron chi connectivity index (χ3n) is 3.87. The molecule has 0 fully saturated rings. The molecule has 1 amide bonds. The van der Waals surface area contributed by atoms with Gasteiger partial charge in [-0.05, 0) is 37.8 Å². The molecular formula is C16H19N3O3S2. The molecule has 0 saturated carbocycles. The number of carbonyl (C=O) groups excluding carboxylic acids is 1. The lowest BCUT2D eigenvalue weighted by Gasteiger charge is -2.19. The van der Waals surface area contributed by atoms with E-state index in [1.54, 1.807) is 19.1 Å². The predicted octanol–water partition coefficient (Wildman–Crippen LogP) is 2.44. The zero-order valence-corrected chi connectivity index (χ0v) is 15.2. The normalized spacial score (nSPS) is 13.8. The average Bonchev–Trinajstić information content (AvgIpc) is 3.11. The number of aryl methyl sites for hydroxylation is 2. The van der Waals surface area contributed by atoms with Gasteiger partial charge in [0.05, 0.1) is 16.4 Å². The number of thiazole rings is 1. The van der Waals surface area contributed by atoms with Crippen LogP contribution in [-0.4, -0.2) is 25.9 Å². The van der Waals surface area contributed by atoms with Crippen LogP contribution < -0.4 is 9.03 Å². The van der Waals surface area contributed by atoms with Crippen LogP contribution in [0.3, 0.4) is 0 Å². The number of nitrogens with zero attached hydrogens (tertiary/aromatic N) is 2. The molecule has 0 saturated heterocycles. The highest BCUT2D eigenvalue weighted by molar-refractivity contribution is 7.91. The zero-order valence-electron chi connectivity index (χ0n) is 13.6. The highest BCUT2D eigenvalue weighted by atomic mass is 32.2. The molecule has 2 aromatic rings. The molecule has 6 nitrogen and oxygen atoms in total. The van der Waals surface area contributed by atoms with Crippen LogP contribution >= 0.6 is 11.3 Å². The minimum Gasteiger partial charge on any atom is -0.267 e. The Labute approximate surface area is 145 Å². The quantitative estimate of drug-likeness (QED) is 0.883. The summed E-state index contributed by atoms with van der Waals surface area (Å²) in [5.74, 6) is -0.614. The molecule has 0 spiro atoms. The monoisotopic (exact) mass is 365 g/mol. The summed E-state index contributed by atoms with van der Waals surface area (Å²) in [6.45, 7) is 4.10. The van der Waals surface area contributed by atoms with Crippen molar-refractivity contribution in [3.8, 4) is 0 Å². The fraction of sp³-hybridized carbons (Fsp3) is 0.375. The van der Waals surface area contributed by atoms with Gasteiger partial charge in [0, 0.05) is 6.54 Å². The number of hydrogen-bond acceptors (Lipinski definition) is 5. The molecule has 1 aromatic heterocycles. The number of carbonyl (C=O) groups is 1. The van der Waals surface area contributed by atoms with Crippen LogP contribution in [0, 0.1) is 6.92 Å². The number of nitrogens with one attached hydrogen (secondary N) is 1. The minimum absolute atomic E-state index is 0.338. The van der Waals surface area contributed by atoms with Gasteiger partial charge in [-0.15, -0.1) is 11.3 Å². The first-order chi connectivity index (χ1) is 11.4. The van der Waals surface area contributed by atoms with E-state index in [0.717, 1.165) is 23.4 Å². The number of aromatic nitrogens is 1. The lowest BCUT2D eigenvalue weighted by atomic mass is 10.2. The number of anilines is 1. The molecular weight excluding hydrogens is 346 g/mol. The van der Waals surface area contributed by atoms with Gasteiger partial charge in [0.1, 0.15) is 4.88 Å². The molecule has 1 aliphatic rings. The number of benzene rings is 1. The van der Waals surface area contributed by atoms with Gasteiger partial charge in [-0.25, -0.2) is 9.71 Å². The van der Waals surface area contributed by atoms with Crippen molar-refractivity contribution in [1.29, 1.82) is 0 Å². The van der Waals surface area contributed by atoms with Gasteiger partial charge in [0.2, 0.25) is 0 Å². The SMILES string of the molecule is CCCc1nc(C)c(C(=O)NS(=O)(=O)N2CCc3ccccc32)s1. The minimum atomic E-state index is -3.93. The first-order valence-corrected chi connectivity index (χ1v) is 10.1. The van der Waals surface area contributed by atoms with Gasteiger partial charge in [0.25, 0.3) is 5.91 Å². The lowest BCUT2D eigenvalue weighted by Crippen LogP contribution is -2.42. The first-order valence-electron chi connectivity index (χ1n) is 7.81. The van der Waals surface area contributed by atoms with E-state index in [9.17, 15) is 13.2 Å². The Balaban J connectivity index is 1.81. The molecule has 0 bridgehead atoms. The largest absolute Gasteiger partial charge is 0.326 e. The Morgan fingerprint density at radius 2 is 2.12 bits per heavy atom. The second-order valence-electron chi connectivity index (χ2n) is 5.66. The van der Waals surface area contributed by atoms with E-state index >= 15 is 0 Å². The van der Waals surface area contributed by atoms with E-state index in [4.69, 9.17) is 0 Å². The highest BCUT2D eigenvalue weighted by Gasteiger charge is 2.31. The summed E-state index contributed by atoms with van der Waals surface area (Å²) >= 11 is 1.25. The van der Waals surface area contributed by atoms with E-state index in [-0.39, 0.29) is 0 Å². The van der Waals surface area contributed by atoms with Crippen molar-refractivity contribution in [3.63, 3.8) is 0 Å². The summed E-state index contributed by atoms with van der Waals surface area (Å²) in [6, 6.07) is 7.32. The van der Waals surface area contributed by atoms with Crippen molar-refractivity contribution in [2.75, 3.05) is 10.8 Å². The number of amides is 1. The number of rotatable bonds is 5. The maximum Gasteiger partial charge on any atom is 0.326 e. The lowest BCUT2D eigenvalue weighted by molar-refractivity contribution is 0.0984. The van der Waals surface area contributed by atoms with Gasteiger partial charge < -0.3 is 0 Å². The Morgan fingerprint density at radius 3 is 2.88 bits per heavy atom. The van der Waals surface area contributed by atoms with E-state index in [1.165, 1.54) is 15.6 Å². The maximum atomic E-state index is 12.6. The van der Waals surface area contributed by atoms with Crippen molar-refractivity contribution >= 4 is 33.1 Å². The molecule has 2 heterocycles. The smallest absolute Gasteiger partial charge is 0.267 e. The Bertz CT molecular complexity index is 874. The van der Waals surface area contributed by atoms with Crippen molar-refractivity contribution in [3.05, 3.63) is 45.4 Å². The van der Waals surface area contributed by atoms with E-state index in [1.807, 2.05) is 19.1 Å². The molecule has 0 unspecified atom stereocenters. The second kappa shape index (κ2) is 6.52.